The van der Waals surface area contributed by atoms with Crippen LogP contribution in [0.25, 0.3) is 55.2 Å². The van der Waals surface area contributed by atoms with Crippen LogP contribution in [0.5, 0.6) is 5.75 Å². The average Bonchev–Trinajstić information content (AvgIpc) is 3.28. The predicted octanol–water partition coefficient (Wildman–Crippen LogP) is 8.33. The van der Waals surface area contributed by atoms with E-state index in [0.29, 0.717) is 0 Å². The molecule has 1 heterocycles. The van der Waals surface area contributed by atoms with E-state index in [1.165, 1.54) is 44.2 Å². The second kappa shape index (κ2) is 7.99. The summed E-state index contributed by atoms with van der Waals surface area (Å²) >= 11 is 0. The highest BCUT2D eigenvalue weighted by molar-refractivity contribution is 6.20. The van der Waals surface area contributed by atoms with Crippen LogP contribution >= 0.6 is 0 Å². The van der Waals surface area contributed by atoms with Gasteiger partial charge in [-0.3, -0.25) is 0 Å². The SMILES string of the molecule is COc1ccc(-c2cc(-c3ccccc3)c(-c3ccccc3)c3[nH]c4ccccc4c23)cc1. The lowest BCUT2D eigenvalue weighted by atomic mass is 9.87. The highest BCUT2D eigenvalue weighted by Gasteiger charge is 2.20. The molecule has 33 heavy (non-hydrogen) atoms. The number of rotatable bonds is 4. The lowest BCUT2D eigenvalue weighted by molar-refractivity contribution is 0.415. The molecule has 2 heteroatoms. The van der Waals surface area contributed by atoms with Crippen LogP contribution < -0.4 is 4.74 Å². The lowest BCUT2D eigenvalue weighted by Gasteiger charge is -2.16. The zero-order valence-corrected chi connectivity index (χ0v) is 18.4. The van der Waals surface area contributed by atoms with Crippen LogP contribution in [0.1, 0.15) is 0 Å². The molecule has 0 fully saturated rings. The number of methoxy groups -OCH3 is 1. The first-order valence-electron chi connectivity index (χ1n) is 11.2. The summed E-state index contributed by atoms with van der Waals surface area (Å²) in [6.07, 6.45) is 0. The molecular formula is C31H23NO. The highest BCUT2D eigenvalue weighted by Crippen LogP contribution is 2.45. The largest absolute Gasteiger partial charge is 0.497 e. The number of hydrogen-bond donors (Lipinski definition) is 1. The van der Waals surface area contributed by atoms with Gasteiger partial charge in [0.1, 0.15) is 5.75 Å². The van der Waals surface area contributed by atoms with Crippen molar-refractivity contribution in [2.45, 2.75) is 0 Å². The molecule has 1 aromatic heterocycles. The lowest BCUT2D eigenvalue weighted by Crippen LogP contribution is -1.91. The van der Waals surface area contributed by atoms with E-state index in [9.17, 15) is 0 Å². The van der Waals surface area contributed by atoms with Crippen LogP contribution in [0.2, 0.25) is 0 Å². The van der Waals surface area contributed by atoms with E-state index in [1.807, 2.05) is 12.1 Å². The Bertz CT molecular complexity index is 1560. The number of aromatic nitrogens is 1. The molecule has 0 amide bonds. The molecule has 6 rings (SSSR count). The number of aromatic amines is 1. The van der Waals surface area contributed by atoms with Gasteiger partial charge in [0.25, 0.3) is 0 Å². The smallest absolute Gasteiger partial charge is 0.118 e. The monoisotopic (exact) mass is 425 g/mol. The van der Waals surface area contributed by atoms with Gasteiger partial charge >= 0.3 is 0 Å². The van der Waals surface area contributed by atoms with Crippen LogP contribution in [-0.2, 0) is 0 Å². The number of benzene rings is 5. The van der Waals surface area contributed by atoms with Gasteiger partial charge in [-0.05, 0) is 52.1 Å². The Labute approximate surface area is 193 Å². The minimum Gasteiger partial charge on any atom is -0.497 e. The molecule has 2 nitrogen and oxygen atoms in total. The summed E-state index contributed by atoms with van der Waals surface area (Å²) in [4.78, 5) is 3.76. The van der Waals surface area contributed by atoms with Crippen molar-refractivity contribution in [2.24, 2.45) is 0 Å². The van der Waals surface area contributed by atoms with Crippen molar-refractivity contribution in [3.05, 3.63) is 115 Å². The zero-order valence-electron chi connectivity index (χ0n) is 18.4. The standard InChI is InChI=1S/C31H23NO/c1-33-24-18-16-22(17-19-24)27-20-26(21-10-4-2-5-11-21)29(23-12-6-3-7-13-23)31-30(27)25-14-8-9-15-28(25)32-31/h2-20,32H,1H3. The van der Waals surface area contributed by atoms with Gasteiger partial charge in [0.15, 0.2) is 0 Å². The van der Waals surface area contributed by atoms with Crippen molar-refractivity contribution in [3.8, 4) is 39.1 Å². The van der Waals surface area contributed by atoms with E-state index in [-0.39, 0.29) is 0 Å². The molecular weight excluding hydrogens is 402 g/mol. The first kappa shape index (κ1) is 19.4. The Morgan fingerprint density at radius 1 is 0.576 bits per heavy atom. The van der Waals surface area contributed by atoms with Crippen molar-refractivity contribution < 1.29 is 4.74 Å². The third-order valence-corrected chi connectivity index (χ3v) is 6.33. The molecule has 0 radical (unpaired) electrons. The molecule has 0 aliphatic heterocycles. The van der Waals surface area contributed by atoms with Crippen molar-refractivity contribution in [1.29, 1.82) is 0 Å². The fourth-order valence-electron chi connectivity index (χ4n) is 4.78. The van der Waals surface area contributed by atoms with Gasteiger partial charge in [-0.25, -0.2) is 0 Å². The Kier molecular flexibility index (Phi) is 4.70. The number of ether oxygens (including phenoxy) is 1. The van der Waals surface area contributed by atoms with Crippen LogP contribution in [-0.4, -0.2) is 12.1 Å². The number of fused-ring (bicyclic) bond motifs is 3. The fourth-order valence-corrected chi connectivity index (χ4v) is 4.78. The van der Waals surface area contributed by atoms with Crippen LogP contribution in [0.3, 0.4) is 0 Å². The maximum Gasteiger partial charge on any atom is 0.118 e. The molecule has 0 saturated carbocycles. The van der Waals surface area contributed by atoms with Gasteiger partial charge in [0, 0.05) is 21.9 Å². The molecule has 5 aromatic carbocycles. The van der Waals surface area contributed by atoms with E-state index in [4.69, 9.17) is 4.74 Å². The summed E-state index contributed by atoms with van der Waals surface area (Å²) in [5.41, 5.74) is 9.53. The molecule has 0 unspecified atom stereocenters. The fraction of sp³-hybridized carbons (Fsp3) is 0.0323. The highest BCUT2D eigenvalue weighted by atomic mass is 16.5. The number of para-hydroxylation sites is 1. The van der Waals surface area contributed by atoms with E-state index >= 15 is 0 Å². The predicted molar refractivity (Wildman–Crippen MR) is 139 cm³/mol. The minimum absolute atomic E-state index is 0.859. The molecule has 0 aliphatic rings. The molecule has 0 saturated heterocycles. The quantitative estimate of drug-likeness (QED) is 0.302. The third-order valence-electron chi connectivity index (χ3n) is 6.33. The van der Waals surface area contributed by atoms with E-state index in [1.54, 1.807) is 7.11 Å². The van der Waals surface area contributed by atoms with Gasteiger partial charge in [-0.2, -0.15) is 0 Å². The Hall–Kier alpha value is -4.30. The summed E-state index contributed by atoms with van der Waals surface area (Å²) in [6, 6.07) is 40.6. The van der Waals surface area contributed by atoms with Crippen LogP contribution in [0.4, 0.5) is 0 Å². The summed E-state index contributed by atoms with van der Waals surface area (Å²) in [7, 11) is 1.70. The van der Waals surface area contributed by atoms with Crippen molar-refractivity contribution in [3.63, 3.8) is 0 Å². The summed E-state index contributed by atoms with van der Waals surface area (Å²) < 4.78 is 5.41. The van der Waals surface area contributed by atoms with Crippen molar-refractivity contribution in [1.82, 2.24) is 4.98 Å². The molecule has 1 N–H and O–H groups in total. The molecule has 0 aliphatic carbocycles. The van der Waals surface area contributed by atoms with Gasteiger partial charge in [0.05, 0.1) is 12.6 Å². The molecule has 6 aromatic rings. The van der Waals surface area contributed by atoms with E-state index in [2.05, 4.69) is 108 Å². The van der Waals surface area contributed by atoms with Crippen LogP contribution in [0, 0.1) is 0 Å². The maximum absolute atomic E-state index is 5.41. The Morgan fingerprint density at radius 3 is 1.88 bits per heavy atom. The number of hydrogen-bond acceptors (Lipinski definition) is 1. The van der Waals surface area contributed by atoms with Gasteiger partial charge in [-0.15, -0.1) is 0 Å². The molecule has 0 bridgehead atoms. The first-order valence-corrected chi connectivity index (χ1v) is 11.2. The second-order valence-corrected chi connectivity index (χ2v) is 8.23. The average molecular weight is 426 g/mol. The van der Waals surface area contributed by atoms with Gasteiger partial charge < -0.3 is 9.72 Å². The Morgan fingerprint density at radius 2 is 1.18 bits per heavy atom. The van der Waals surface area contributed by atoms with Crippen molar-refractivity contribution >= 4 is 21.8 Å². The van der Waals surface area contributed by atoms with Crippen molar-refractivity contribution in [2.75, 3.05) is 7.11 Å². The van der Waals surface area contributed by atoms with Gasteiger partial charge in [0.2, 0.25) is 0 Å². The summed E-state index contributed by atoms with van der Waals surface area (Å²) in [6.45, 7) is 0. The molecule has 0 spiro atoms. The third kappa shape index (κ3) is 3.28. The first-order chi connectivity index (χ1) is 16.3. The maximum atomic E-state index is 5.41. The van der Waals surface area contributed by atoms with E-state index in [0.717, 1.165) is 16.8 Å². The molecule has 0 atom stereocenters. The zero-order chi connectivity index (χ0) is 22.2. The normalized spacial score (nSPS) is 11.2. The summed E-state index contributed by atoms with van der Waals surface area (Å²) in [5.74, 6) is 0.859. The minimum atomic E-state index is 0.859. The topological polar surface area (TPSA) is 25.0 Å². The number of H-pyrrole nitrogens is 1. The van der Waals surface area contributed by atoms with E-state index < -0.39 is 0 Å². The van der Waals surface area contributed by atoms with Gasteiger partial charge in [-0.1, -0.05) is 91.0 Å². The number of nitrogens with one attached hydrogen (secondary N) is 1. The molecule has 158 valence electrons. The Balaban J connectivity index is 1.78. The van der Waals surface area contributed by atoms with Crippen LogP contribution in [0.15, 0.2) is 115 Å². The second-order valence-electron chi connectivity index (χ2n) is 8.23. The summed E-state index contributed by atoms with van der Waals surface area (Å²) in [5, 5.41) is 2.48.